The molecule has 6 nitrogen and oxygen atoms in total. The molecule has 0 atom stereocenters. The van der Waals surface area contributed by atoms with Gasteiger partial charge in [0.1, 0.15) is 5.75 Å². The number of benzene rings is 2. The summed E-state index contributed by atoms with van der Waals surface area (Å²) in [5.74, 6) is 0.995. The quantitative estimate of drug-likeness (QED) is 0.741. The summed E-state index contributed by atoms with van der Waals surface area (Å²) < 4.78 is 5.18. The molecule has 1 aliphatic rings. The maximum absolute atomic E-state index is 12.7. The number of hydrogen-bond acceptors (Lipinski definition) is 4. The summed E-state index contributed by atoms with van der Waals surface area (Å²) in [7, 11) is 1.65. The normalized spacial score (nSPS) is 14.7. The fourth-order valence-corrected chi connectivity index (χ4v) is 3.86. The van der Waals surface area contributed by atoms with E-state index < -0.39 is 0 Å². The van der Waals surface area contributed by atoms with E-state index in [0.29, 0.717) is 26.1 Å². The Morgan fingerprint density at radius 3 is 2.52 bits per heavy atom. The van der Waals surface area contributed by atoms with Gasteiger partial charge in [0.15, 0.2) is 0 Å². The van der Waals surface area contributed by atoms with E-state index in [1.807, 2.05) is 61.2 Å². The Labute approximate surface area is 185 Å². The van der Waals surface area contributed by atoms with Crippen LogP contribution in [0.1, 0.15) is 29.5 Å². The van der Waals surface area contributed by atoms with Crippen LogP contribution in [0.15, 0.2) is 42.5 Å². The number of anilines is 1. The SMILES string of the molecule is COc1ccc(CCC(=O)N2CCCN(CC(=O)Nc3cccc(C)c3C)CC2)cc1. The first-order chi connectivity index (χ1) is 15.0. The van der Waals surface area contributed by atoms with Gasteiger partial charge in [-0.1, -0.05) is 24.3 Å². The third-order valence-corrected chi connectivity index (χ3v) is 5.97. The molecule has 1 saturated heterocycles. The molecule has 1 aliphatic heterocycles. The van der Waals surface area contributed by atoms with E-state index in [1.54, 1.807) is 7.11 Å². The summed E-state index contributed by atoms with van der Waals surface area (Å²) in [4.78, 5) is 29.3. The highest BCUT2D eigenvalue weighted by molar-refractivity contribution is 5.93. The summed E-state index contributed by atoms with van der Waals surface area (Å²) in [6.45, 7) is 7.36. The number of aryl methyl sites for hydroxylation is 2. The molecule has 0 saturated carbocycles. The Morgan fingerprint density at radius 1 is 1.00 bits per heavy atom. The van der Waals surface area contributed by atoms with Gasteiger partial charge in [-0.15, -0.1) is 0 Å². The molecule has 0 radical (unpaired) electrons. The summed E-state index contributed by atoms with van der Waals surface area (Å²) >= 11 is 0. The third kappa shape index (κ3) is 6.56. The van der Waals surface area contributed by atoms with Crippen LogP contribution < -0.4 is 10.1 Å². The maximum Gasteiger partial charge on any atom is 0.238 e. The van der Waals surface area contributed by atoms with E-state index >= 15 is 0 Å². The number of nitrogens with one attached hydrogen (secondary N) is 1. The van der Waals surface area contributed by atoms with E-state index in [9.17, 15) is 9.59 Å². The van der Waals surface area contributed by atoms with Gasteiger partial charge in [0.05, 0.1) is 13.7 Å². The lowest BCUT2D eigenvalue weighted by Gasteiger charge is -2.22. The molecule has 2 aromatic rings. The smallest absolute Gasteiger partial charge is 0.238 e. The van der Waals surface area contributed by atoms with E-state index in [4.69, 9.17) is 4.74 Å². The van der Waals surface area contributed by atoms with Gasteiger partial charge in [-0.25, -0.2) is 0 Å². The summed E-state index contributed by atoms with van der Waals surface area (Å²) in [6.07, 6.45) is 2.10. The molecular formula is C25H33N3O3. The Kier molecular flexibility index (Phi) is 8.06. The zero-order chi connectivity index (χ0) is 22.2. The van der Waals surface area contributed by atoms with Crippen molar-refractivity contribution in [1.29, 1.82) is 0 Å². The molecule has 3 rings (SSSR count). The van der Waals surface area contributed by atoms with Crippen molar-refractivity contribution in [3.63, 3.8) is 0 Å². The molecule has 2 aromatic carbocycles. The zero-order valence-corrected chi connectivity index (χ0v) is 18.8. The molecule has 31 heavy (non-hydrogen) atoms. The van der Waals surface area contributed by atoms with Crippen molar-refractivity contribution < 1.29 is 14.3 Å². The van der Waals surface area contributed by atoms with Gasteiger partial charge in [0.25, 0.3) is 0 Å². The number of nitrogens with zero attached hydrogens (tertiary/aromatic N) is 2. The Balaban J connectivity index is 1.45. The lowest BCUT2D eigenvalue weighted by atomic mass is 10.1. The fraction of sp³-hybridized carbons (Fsp3) is 0.440. The molecule has 0 aromatic heterocycles. The van der Waals surface area contributed by atoms with Gasteiger partial charge in [0, 0.05) is 38.3 Å². The van der Waals surface area contributed by atoms with Crippen LogP contribution in [0.3, 0.4) is 0 Å². The summed E-state index contributed by atoms with van der Waals surface area (Å²) in [6, 6.07) is 13.8. The Morgan fingerprint density at radius 2 is 1.77 bits per heavy atom. The van der Waals surface area contributed by atoms with Crippen molar-refractivity contribution >= 4 is 17.5 Å². The molecule has 1 N–H and O–H groups in total. The van der Waals surface area contributed by atoms with Crippen molar-refractivity contribution in [1.82, 2.24) is 9.80 Å². The first-order valence-electron chi connectivity index (χ1n) is 11.0. The number of ether oxygens (including phenoxy) is 1. The lowest BCUT2D eigenvalue weighted by Crippen LogP contribution is -2.38. The van der Waals surface area contributed by atoms with Gasteiger partial charge in [0.2, 0.25) is 11.8 Å². The molecule has 0 aliphatic carbocycles. The minimum Gasteiger partial charge on any atom is -0.497 e. The topological polar surface area (TPSA) is 61.9 Å². The first kappa shape index (κ1) is 22.8. The van der Waals surface area contributed by atoms with Crippen LogP contribution in [-0.4, -0.2) is 61.4 Å². The second-order valence-electron chi connectivity index (χ2n) is 8.15. The Hall–Kier alpha value is -2.86. The predicted octanol–water partition coefficient (Wildman–Crippen LogP) is 3.42. The van der Waals surface area contributed by atoms with E-state index in [-0.39, 0.29) is 11.8 Å². The maximum atomic E-state index is 12.7. The molecule has 0 spiro atoms. The van der Waals surface area contributed by atoms with E-state index in [0.717, 1.165) is 54.1 Å². The highest BCUT2D eigenvalue weighted by Crippen LogP contribution is 2.18. The highest BCUT2D eigenvalue weighted by Gasteiger charge is 2.20. The largest absolute Gasteiger partial charge is 0.497 e. The molecule has 2 amide bonds. The van der Waals surface area contributed by atoms with Crippen LogP contribution in [0.4, 0.5) is 5.69 Å². The number of carbonyl (C=O) groups is 2. The molecule has 0 unspecified atom stereocenters. The monoisotopic (exact) mass is 423 g/mol. The summed E-state index contributed by atoms with van der Waals surface area (Å²) in [5, 5.41) is 3.03. The van der Waals surface area contributed by atoms with E-state index in [1.165, 1.54) is 0 Å². The summed E-state index contributed by atoms with van der Waals surface area (Å²) in [5.41, 5.74) is 4.26. The second kappa shape index (κ2) is 11.0. The molecular weight excluding hydrogens is 390 g/mol. The first-order valence-corrected chi connectivity index (χ1v) is 11.0. The zero-order valence-electron chi connectivity index (χ0n) is 18.8. The van der Waals surface area contributed by atoms with Crippen LogP contribution in [0.25, 0.3) is 0 Å². The minimum atomic E-state index is -0.00650. The van der Waals surface area contributed by atoms with Crippen molar-refractivity contribution in [3.8, 4) is 5.75 Å². The third-order valence-electron chi connectivity index (χ3n) is 5.97. The van der Waals surface area contributed by atoms with Gasteiger partial charge in [-0.3, -0.25) is 14.5 Å². The predicted molar refractivity (Wildman–Crippen MR) is 123 cm³/mol. The number of carbonyl (C=O) groups excluding carboxylic acids is 2. The highest BCUT2D eigenvalue weighted by atomic mass is 16.5. The van der Waals surface area contributed by atoms with Gasteiger partial charge in [-0.2, -0.15) is 0 Å². The molecule has 0 bridgehead atoms. The van der Waals surface area contributed by atoms with Crippen LogP contribution >= 0.6 is 0 Å². The van der Waals surface area contributed by atoms with Crippen molar-refractivity contribution in [2.45, 2.75) is 33.1 Å². The van der Waals surface area contributed by atoms with Gasteiger partial charge >= 0.3 is 0 Å². The number of amides is 2. The van der Waals surface area contributed by atoms with Crippen molar-refractivity contribution in [2.75, 3.05) is 45.2 Å². The number of methoxy groups -OCH3 is 1. The fourth-order valence-electron chi connectivity index (χ4n) is 3.86. The standard InChI is InChI=1S/C25H33N3O3/c1-19-6-4-7-23(20(19)2)26-24(29)18-27-14-5-15-28(17-16-27)25(30)13-10-21-8-11-22(31-3)12-9-21/h4,6-9,11-12H,5,10,13-18H2,1-3H3,(H,26,29). The van der Waals surface area contributed by atoms with E-state index in [2.05, 4.69) is 10.2 Å². The minimum absolute atomic E-state index is 0.00650. The second-order valence-corrected chi connectivity index (χ2v) is 8.15. The molecule has 6 heteroatoms. The average Bonchev–Trinajstić information content (AvgIpc) is 3.01. The van der Waals surface area contributed by atoms with Crippen LogP contribution in [0.5, 0.6) is 5.75 Å². The number of hydrogen-bond donors (Lipinski definition) is 1. The molecule has 166 valence electrons. The Bertz CT molecular complexity index is 895. The van der Waals surface area contributed by atoms with Crippen molar-refractivity contribution in [2.24, 2.45) is 0 Å². The van der Waals surface area contributed by atoms with Crippen molar-refractivity contribution in [3.05, 3.63) is 59.2 Å². The van der Waals surface area contributed by atoms with Crippen LogP contribution in [0, 0.1) is 13.8 Å². The van der Waals surface area contributed by atoms with Gasteiger partial charge in [-0.05, 0) is 61.6 Å². The lowest BCUT2D eigenvalue weighted by molar-refractivity contribution is -0.131. The molecule has 1 heterocycles. The number of rotatable bonds is 7. The molecule has 1 fully saturated rings. The average molecular weight is 424 g/mol. The van der Waals surface area contributed by atoms with Crippen LogP contribution in [0.2, 0.25) is 0 Å². The van der Waals surface area contributed by atoms with Gasteiger partial charge < -0.3 is 15.0 Å². The van der Waals surface area contributed by atoms with Crippen LogP contribution in [-0.2, 0) is 16.0 Å².